The minimum absolute atomic E-state index is 0.119. The maximum atomic E-state index is 13.1. The van der Waals surface area contributed by atoms with Gasteiger partial charge in [-0.2, -0.15) is 0 Å². The number of esters is 1. The number of carbonyl (C=O) groups excluding carboxylic acids is 1. The molecule has 0 bridgehead atoms. The van der Waals surface area contributed by atoms with Crippen molar-refractivity contribution >= 4 is 16.9 Å². The molecule has 1 unspecified atom stereocenters. The van der Waals surface area contributed by atoms with E-state index in [2.05, 4.69) is 22.8 Å². The van der Waals surface area contributed by atoms with Crippen LogP contribution in [0.3, 0.4) is 0 Å². The number of cyclic esters (lactones) is 1. The lowest BCUT2D eigenvalue weighted by Crippen LogP contribution is -2.46. The number of hydrogen-bond acceptors (Lipinski definition) is 8. The lowest BCUT2D eigenvalue weighted by molar-refractivity contribution is -0.157. The fourth-order valence-electron chi connectivity index (χ4n) is 6.05. The normalized spacial score (nSPS) is 18.1. The molecule has 1 fully saturated rings. The minimum atomic E-state index is -1.45. The Labute approximate surface area is 248 Å². The van der Waals surface area contributed by atoms with Gasteiger partial charge in [-0.3, -0.25) is 4.79 Å². The van der Waals surface area contributed by atoms with Gasteiger partial charge in [0.1, 0.15) is 12.4 Å². The SMILES string of the molecule is CC.CCCCCN1CCN(CCCCOc2ccc3nc4c(cc3c2)Cn2c-4cc3c(c2=O)COC(=O)C3O)CC1. The number of unbranched alkanes of at least 4 members (excludes halogenated alkanes) is 3. The largest absolute Gasteiger partial charge is 0.494 e. The molecule has 0 aliphatic carbocycles. The van der Waals surface area contributed by atoms with E-state index in [0.717, 1.165) is 41.6 Å². The van der Waals surface area contributed by atoms with E-state index in [1.165, 1.54) is 52.0 Å². The number of aliphatic hydroxyl groups is 1. The highest BCUT2D eigenvalue weighted by Crippen LogP contribution is 2.35. The standard InChI is InChI=1S/C31H38N4O5.C2H6/c1-2-3-4-9-33-11-13-34(14-12-33)10-5-6-15-39-23-7-8-26-21(17-23)16-22-19-35-27(28(22)32-26)18-24-25(30(35)37)20-40-31(38)29(24)36;1-2/h7-8,16-18,29,36H,2-6,9-15,19-20H2,1H3;1-2H3. The van der Waals surface area contributed by atoms with Gasteiger partial charge in [0, 0.05) is 42.7 Å². The first kappa shape index (κ1) is 30.2. The van der Waals surface area contributed by atoms with Crippen molar-refractivity contribution in [2.24, 2.45) is 0 Å². The Morgan fingerprint density at radius 3 is 2.40 bits per heavy atom. The number of carbonyl (C=O) groups is 1. The molecule has 226 valence electrons. The number of hydrogen-bond donors (Lipinski definition) is 1. The molecule has 3 aliphatic rings. The van der Waals surface area contributed by atoms with Crippen LogP contribution < -0.4 is 10.3 Å². The topological polar surface area (TPSA) is 97.1 Å². The summed E-state index contributed by atoms with van der Waals surface area (Å²) in [5, 5.41) is 11.2. The maximum Gasteiger partial charge on any atom is 0.340 e. The second-order valence-electron chi connectivity index (χ2n) is 11.2. The molecule has 9 heteroatoms. The number of nitrogens with zero attached hydrogens (tertiary/aromatic N) is 4. The molecule has 0 radical (unpaired) electrons. The summed E-state index contributed by atoms with van der Waals surface area (Å²) in [4.78, 5) is 35.0. The van der Waals surface area contributed by atoms with Crippen LogP contribution >= 0.6 is 0 Å². The monoisotopic (exact) mass is 576 g/mol. The molecule has 0 saturated carbocycles. The zero-order chi connectivity index (χ0) is 29.6. The summed E-state index contributed by atoms with van der Waals surface area (Å²) >= 11 is 0. The van der Waals surface area contributed by atoms with Gasteiger partial charge in [-0.15, -0.1) is 0 Å². The van der Waals surface area contributed by atoms with Crippen molar-refractivity contribution in [2.45, 2.75) is 72.1 Å². The predicted molar refractivity (Wildman–Crippen MR) is 164 cm³/mol. The van der Waals surface area contributed by atoms with E-state index in [9.17, 15) is 14.7 Å². The molecule has 1 atom stereocenters. The van der Waals surface area contributed by atoms with Crippen molar-refractivity contribution in [1.29, 1.82) is 0 Å². The zero-order valence-electron chi connectivity index (χ0n) is 25.2. The van der Waals surface area contributed by atoms with Crippen LogP contribution in [0, 0.1) is 0 Å². The summed E-state index contributed by atoms with van der Waals surface area (Å²) in [6.07, 6.45) is 4.63. The fraction of sp³-hybridized carbons (Fsp3) is 0.545. The van der Waals surface area contributed by atoms with Gasteiger partial charge in [0.2, 0.25) is 0 Å². The van der Waals surface area contributed by atoms with Gasteiger partial charge in [0.25, 0.3) is 5.56 Å². The van der Waals surface area contributed by atoms with Gasteiger partial charge in [-0.1, -0.05) is 33.6 Å². The molecule has 1 aromatic carbocycles. The van der Waals surface area contributed by atoms with Crippen LogP contribution in [0.4, 0.5) is 0 Å². The van der Waals surface area contributed by atoms with E-state index in [-0.39, 0.29) is 12.2 Å². The molecule has 6 rings (SSSR count). The second-order valence-corrected chi connectivity index (χ2v) is 11.2. The van der Waals surface area contributed by atoms with Crippen LogP contribution in [0.15, 0.2) is 35.1 Å². The molecule has 5 heterocycles. The van der Waals surface area contributed by atoms with Gasteiger partial charge < -0.3 is 28.9 Å². The molecule has 9 nitrogen and oxygen atoms in total. The Balaban J connectivity index is 0.00000173. The van der Waals surface area contributed by atoms with Crippen LogP contribution in [-0.4, -0.2) is 76.3 Å². The second kappa shape index (κ2) is 13.8. The minimum Gasteiger partial charge on any atom is -0.494 e. The molecule has 1 N–H and O–H groups in total. The first-order valence-electron chi connectivity index (χ1n) is 15.6. The third-order valence-corrected chi connectivity index (χ3v) is 8.43. The maximum absolute atomic E-state index is 13.1. The number of fused-ring (bicyclic) bond motifs is 5. The number of aliphatic hydroxyl groups excluding tert-OH is 1. The van der Waals surface area contributed by atoms with Crippen molar-refractivity contribution in [3.05, 3.63) is 57.4 Å². The third kappa shape index (κ3) is 6.38. The molecule has 42 heavy (non-hydrogen) atoms. The van der Waals surface area contributed by atoms with Crippen molar-refractivity contribution in [3.8, 4) is 17.1 Å². The van der Waals surface area contributed by atoms with Crippen molar-refractivity contribution < 1.29 is 19.4 Å². The van der Waals surface area contributed by atoms with Crippen LogP contribution in [0.2, 0.25) is 0 Å². The Hall–Kier alpha value is -3.27. The van der Waals surface area contributed by atoms with Gasteiger partial charge in [-0.25, -0.2) is 9.78 Å². The van der Waals surface area contributed by atoms with E-state index in [4.69, 9.17) is 14.5 Å². The summed E-state index contributed by atoms with van der Waals surface area (Å²) in [5.41, 5.74) is 3.44. The van der Waals surface area contributed by atoms with Crippen molar-refractivity contribution in [2.75, 3.05) is 45.9 Å². The molecule has 0 spiro atoms. The Morgan fingerprint density at radius 2 is 1.69 bits per heavy atom. The first-order valence-corrected chi connectivity index (χ1v) is 15.6. The third-order valence-electron chi connectivity index (χ3n) is 8.43. The highest BCUT2D eigenvalue weighted by molar-refractivity contribution is 5.86. The van der Waals surface area contributed by atoms with E-state index < -0.39 is 12.1 Å². The van der Waals surface area contributed by atoms with Crippen LogP contribution in [-0.2, 0) is 22.7 Å². The number of benzene rings is 1. The molecule has 3 aromatic rings. The quantitative estimate of drug-likeness (QED) is 0.218. The number of pyridine rings is 2. The highest BCUT2D eigenvalue weighted by Gasteiger charge is 2.33. The van der Waals surface area contributed by atoms with Crippen LogP contribution in [0.25, 0.3) is 22.3 Å². The van der Waals surface area contributed by atoms with Gasteiger partial charge in [-0.05, 0) is 62.7 Å². The lowest BCUT2D eigenvalue weighted by Gasteiger charge is -2.34. The lowest BCUT2D eigenvalue weighted by atomic mass is 10.0. The summed E-state index contributed by atoms with van der Waals surface area (Å²) in [6, 6.07) is 9.64. The summed E-state index contributed by atoms with van der Waals surface area (Å²) in [5.74, 6) is 0.0851. The molecular weight excluding hydrogens is 532 g/mol. The molecule has 1 saturated heterocycles. The number of rotatable bonds is 10. The number of aromatic nitrogens is 2. The van der Waals surface area contributed by atoms with Crippen LogP contribution in [0.1, 0.15) is 75.7 Å². The Bertz CT molecular complexity index is 1460. The van der Waals surface area contributed by atoms with Gasteiger partial charge >= 0.3 is 5.97 Å². The van der Waals surface area contributed by atoms with Crippen LogP contribution in [0.5, 0.6) is 5.75 Å². The first-order chi connectivity index (χ1) is 20.5. The van der Waals surface area contributed by atoms with Crippen molar-refractivity contribution in [3.63, 3.8) is 0 Å². The fourth-order valence-corrected chi connectivity index (χ4v) is 6.05. The predicted octanol–water partition coefficient (Wildman–Crippen LogP) is 4.51. The molecule has 0 amide bonds. The Morgan fingerprint density at radius 1 is 0.976 bits per heavy atom. The molecule has 3 aliphatic heterocycles. The summed E-state index contributed by atoms with van der Waals surface area (Å²) < 4.78 is 12.7. The van der Waals surface area contributed by atoms with Gasteiger partial charge in [0.15, 0.2) is 6.10 Å². The molecular formula is C33H44N4O5. The van der Waals surface area contributed by atoms with E-state index in [1.807, 2.05) is 32.0 Å². The Kier molecular flexibility index (Phi) is 9.92. The summed E-state index contributed by atoms with van der Waals surface area (Å²) in [6.45, 7) is 14.3. The summed E-state index contributed by atoms with van der Waals surface area (Å²) in [7, 11) is 0. The molecule has 2 aromatic heterocycles. The zero-order valence-corrected chi connectivity index (χ0v) is 25.2. The highest BCUT2D eigenvalue weighted by atomic mass is 16.5. The van der Waals surface area contributed by atoms with Crippen molar-refractivity contribution in [1.82, 2.24) is 19.4 Å². The smallest absolute Gasteiger partial charge is 0.340 e. The number of ether oxygens (including phenoxy) is 2. The van der Waals surface area contributed by atoms with E-state index >= 15 is 0 Å². The van der Waals surface area contributed by atoms with E-state index in [1.54, 1.807) is 10.6 Å². The average Bonchev–Trinajstić information content (AvgIpc) is 3.37. The average molecular weight is 577 g/mol. The van der Waals surface area contributed by atoms with E-state index in [0.29, 0.717) is 35.7 Å². The van der Waals surface area contributed by atoms with Gasteiger partial charge in [0.05, 0.1) is 35.6 Å². The number of piperazine rings is 1.